The Morgan fingerprint density at radius 3 is 2.41 bits per heavy atom. The van der Waals surface area contributed by atoms with Crippen molar-refractivity contribution in [2.45, 2.75) is 83.1 Å². The third-order valence-corrected chi connectivity index (χ3v) is 14.4. The van der Waals surface area contributed by atoms with Crippen LogP contribution in [0.15, 0.2) is 84.7 Å². The van der Waals surface area contributed by atoms with Gasteiger partial charge in [0.05, 0.1) is 24.0 Å². The molecule has 4 saturated carbocycles. The minimum Gasteiger partial charge on any atom is -0.461 e. The fourth-order valence-corrected chi connectivity index (χ4v) is 11.2. The first-order chi connectivity index (χ1) is 27.6. The van der Waals surface area contributed by atoms with E-state index in [1.54, 1.807) is 24.5 Å². The van der Waals surface area contributed by atoms with E-state index >= 15 is 0 Å². The number of carbonyl (C=O) groups is 5. The van der Waals surface area contributed by atoms with Crippen molar-refractivity contribution in [1.29, 1.82) is 0 Å². The summed E-state index contributed by atoms with van der Waals surface area (Å²) in [4.78, 5) is 71.4. The Labute approximate surface area is 338 Å². The molecule has 304 valence electrons. The molecule has 2 aromatic carbocycles. The summed E-state index contributed by atoms with van der Waals surface area (Å²) in [5.41, 5.74) is 0.370. The molecule has 0 amide bonds. The van der Waals surface area contributed by atoms with Gasteiger partial charge in [-0.25, -0.2) is 0 Å². The number of aliphatic hydroxyl groups is 2. The van der Waals surface area contributed by atoms with Crippen LogP contribution in [0.5, 0.6) is 0 Å². The lowest BCUT2D eigenvalue weighted by Gasteiger charge is -2.59. The molecule has 0 radical (unpaired) electrons. The molecule has 3 unspecified atom stereocenters. The lowest BCUT2D eigenvalue weighted by molar-refractivity contribution is -0.181. The van der Waals surface area contributed by atoms with Crippen molar-refractivity contribution in [3.8, 4) is 0 Å². The summed E-state index contributed by atoms with van der Waals surface area (Å²) in [5.74, 6) is -3.29. The molecule has 0 saturated heterocycles. The lowest BCUT2D eigenvalue weighted by Crippen LogP contribution is -2.61. The van der Waals surface area contributed by atoms with Crippen LogP contribution in [0.4, 0.5) is 0 Å². The number of hydrogen-bond acceptors (Lipinski definition) is 11. The van der Waals surface area contributed by atoms with Crippen LogP contribution in [0, 0.1) is 40.4 Å². The van der Waals surface area contributed by atoms with E-state index in [0.29, 0.717) is 6.42 Å². The number of aliphatic hydroxyl groups excluding tert-OH is 1. The highest BCUT2D eigenvalue weighted by atomic mass is 16.5. The average molecular weight is 789 g/mol. The van der Waals surface area contributed by atoms with Gasteiger partial charge < -0.3 is 19.7 Å². The second-order valence-electron chi connectivity index (χ2n) is 18.0. The molecule has 2 N–H and O–H groups in total. The highest BCUT2D eigenvalue weighted by molar-refractivity contribution is 6.01. The maximum absolute atomic E-state index is 13.7. The number of carbonyl (C=O) groups excluding carboxylic acids is 5. The Balaban J connectivity index is 0.822. The molecule has 8 rings (SSSR count). The molecule has 11 nitrogen and oxygen atoms in total. The van der Waals surface area contributed by atoms with Crippen LogP contribution in [-0.4, -0.2) is 81.8 Å². The largest absolute Gasteiger partial charge is 0.461 e. The third-order valence-electron chi connectivity index (χ3n) is 14.4. The highest BCUT2D eigenvalue weighted by Gasteiger charge is 2.68. The minimum absolute atomic E-state index is 0.00592. The van der Waals surface area contributed by atoms with E-state index in [1.165, 1.54) is 0 Å². The predicted molar refractivity (Wildman–Crippen MR) is 214 cm³/mol. The molecule has 5 aliphatic rings. The van der Waals surface area contributed by atoms with Crippen molar-refractivity contribution in [2.75, 3.05) is 20.7 Å². The summed E-state index contributed by atoms with van der Waals surface area (Å²) < 4.78 is 11.0. The molecule has 1 aromatic heterocycles. The number of hydrogen-bond donors (Lipinski definition) is 2. The standard InChI is InChI=1S/C47H52N2O9/c1-45-16-13-33(50)21-32(45)11-12-34-37-14-17-47(56,46(37,2)23-39(52)41(34)45)40(53)26-58-44(55)36-22-35(36)43(54)57-25-27-5-8-29(9-6-27)42(49(3)4)38(51)20-28-7-10-31-24-48-18-15-30(31)19-28/h5-10,13,15-16,18-19,21,24,34-37,39,41-42,52,56H,11-12,14,17,20,22-23,25-26H2,1-4H3/t34-,35?,36?,37-,39-,41+,42?,45-,46-,47-/m0/s1. The van der Waals surface area contributed by atoms with Crippen LogP contribution in [0.25, 0.3) is 10.8 Å². The number of ether oxygens (including phenoxy) is 2. The maximum Gasteiger partial charge on any atom is 0.310 e. The molecule has 58 heavy (non-hydrogen) atoms. The Kier molecular flexibility index (Phi) is 10.4. The number of Topliss-reactive ketones (excluding diaryl/α,β-unsaturated/α-hetero) is 2. The quantitative estimate of drug-likeness (QED) is 0.225. The second kappa shape index (κ2) is 15.1. The molecule has 1 heterocycles. The number of esters is 2. The minimum atomic E-state index is -1.77. The fourth-order valence-electron chi connectivity index (χ4n) is 11.2. The van der Waals surface area contributed by atoms with E-state index in [2.05, 4.69) is 11.9 Å². The molecule has 5 aliphatic carbocycles. The van der Waals surface area contributed by atoms with Gasteiger partial charge in [0.15, 0.2) is 18.2 Å². The van der Waals surface area contributed by atoms with Crippen LogP contribution < -0.4 is 0 Å². The first kappa shape index (κ1) is 40.0. The van der Waals surface area contributed by atoms with Gasteiger partial charge in [0.1, 0.15) is 12.2 Å². The van der Waals surface area contributed by atoms with E-state index in [4.69, 9.17) is 9.47 Å². The zero-order valence-corrected chi connectivity index (χ0v) is 33.6. The molecule has 10 atom stereocenters. The summed E-state index contributed by atoms with van der Waals surface area (Å²) >= 11 is 0. The summed E-state index contributed by atoms with van der Waals surface area (Å²) in [5, 5.41) is 25.7. The Morgan fingerprint density at radius 2 is 1.67 bits per heavy atom. The predicted octanol–water partition coefficient (Wildman–Crippen LogP) is 5.45. The Morgan fingerprint density at radius 1 is 0.948 bits per heavy atom. The summed E-state index contributed by atoms with van der Waals surface area (Å²) in [7, 11) is 3.73. The van der Waals surface area contributed by atoms with Gasteiger partial charge in [-0.05, 0) is 105 Å². The summed E-state index contributed by atoms with van der Waals surface area (Å²) in [6.45, 7) is 3.34. The SMILES string of the molecule is CN(C)C(C(=O)Cc1ccc2cnccc2c1)c1ccc(COC(=O)C2CC2C(=O)OCC(=O)[C@@]2(O)CC[C@H]3[C@@H]4CCC5=CC(=O)C=C[C@]5(C)[C@H]4[C@@H](O)C[C@@]32C)cc1. The van der Waals surface area contributed by atoms with Crippen LogP contribution in [0.1, 0.15) is 75.1 Å². The molecular weight excluding hydrogens is 737 g/mol. The number of allylic oxidation sites excluding steroid dienone is 4. The number of rotatable bonds is 12. The van der Waals surface area contributed by atoms with Gasteiger partial charge in [-0.1, -0.05) is 68.0 Å². The number of benzene rings is 2. The van der Waals surface area contributed by atoms with Crippen molar-refractivity contribution >= 4 is 40.1 Å². The number of nitrogens with zero attached hydrogens (tertiary/aromatic N) is 2. The van der Waals surface area contributed by atoms with Gasteiger partial charge >= 0.3 is 11.9 Å². The zero-order valence-electron chi connectivity index (χ0n) is 33.6. The topological polar surface area (TPSA) is 160 Å². The van der Waals surface area contributed by atoms with Gasteiger partial charge in [-0.2, -0.15) is 0 Å². The molecule has 11 heteroatoms. The van der Waals surface area contributed by atoms with E-state index in [1.807, 2.05) is 80.5 Å². The average Bonchev–Trinajstić information content (AvgIpc) is 3.95. The smallest absolute Gasteiger partial charge is 0.310 e. The Bertz CT molecular complexity index is 2230. The van der Waals surface area contributed by atoms with Gasteiger partial charge in [0.2, 0.25) is 5.78 Å². The van der Waals surface area contributed by atoms with E-state index in [-0.39, 0.29) is 61.6 Å². The van der Waals surface area contributed by atoms with Crippen molar-refractivity contribution in [1.82, 2.24) is 9.88 Å². The first-order valence-electron chi connectivity index (χ1n) is 20.4. The Hall–Kier alpha value is -4.84. The fraction of sp³-hybridized carbons (Fsp3) is 0.489. The highest BCUT2D eigenvalue weighted by Crippen LogP contribution is 2.67. The van der Waals surface area contributed by atoms with E-state index in [9.17, 15) is 34.2 Å². The lowest BCUT2D eigenvalue weighted by atomic mass is 9.46. The van der Waals surface area contributed by atoms with Gasteiger partial charge in [0.25, 0.3) is 0 Å². The maximum atomic E-state index is 13.7. The van der Waals surface area contributed by atoms with Crippen molar-refractivity contribution in [3.05, 3.63) is 101 Å². The van der Waals surface area contributed by atoms with Crippen LogP contribution >= 0.6 is 0 Å². The number of likely N-dealkylation sites (N-methyl/N-ethyl adjacent to an activating group) is 1. The van der Waals surface area contributed by atoms with Gasteiger partial charge in [-0.15, -0.1) is 0 Å². The summed E-state index contributed by atoms with van der Waals surface area (Å²) in [6, 6.07) is 14.8. The summed E-state index contributed by atoms with van der Waals surface area (Å²) in [6.07, 6.45) is 11.0. The van der Waals surface area contributed by atoms with Crippen LogP contribution in [0.2, 0.25) is 0 Å². The molecule has 4 fully saturated rings. The second-order valence-corrected chi connectivity index (χ2v) is 18.0. The van der Waals surface area contributed by atoms with E-state index < -0.39 is 64.7 Å². The van der Waals surface area contributed by atoms with Crippen molar-refractivity contribution < 1.29 is 43.7 Å². The van der Waals surface area contributed by atoms with Crippen LogP contribution in [-0.2, 0) is 46.5 Å². The molecular formula is C47H52N2O9. The molecule has 3 aromatic rings. The monoisotopic (exact) mass is 788 g/mol. The number of aromatic nitrogens is 1. The number of ketones is 3. The number of fused-ring (bicyclic) bond motifs is 6. The van der Waals surface area contributed by atoms with E-state index in [0.717, 1.165) is 45.9 Å². The van der Waals surface area contributed by atoms with Crippen molar-refractivity contribution in [3.63, 3.8) is 0 Å². The third kappa shape index (κ3) is 6.94. The first-order valence-corrected chi connectivity index (χ1v) is 20.4. The molecule has 0 aliphatic heterocycles. The van der Waals surface area contributed by atoms with Gasteiger partial charge in [-0.3, -0.25) is 33.9 Å². The van der Waals surface area contributed by atoms with Crippen molar-refractivity contribution in [2.24, 2.45) is 40.4 Å². The zero-order chi connectivity index (χ0) is 41.1. The van der Waals surface area contributed by atoms with Gasteiger partial charge in [0, 0.05) is 40.9 Å². The van der Waals surface area contributed by atoms with Crippen LogP contribution in [0.3, 0.4) is 0 Å². The molecule has 0 spiro atoms. The molecule has 0 bridgehead atoms. The normalized spacial score (nSPS) is 32.7. The number of pyridine rings is 1.